The predicted octanol–water partition coefficient (Wildman–Crippen LogP) is 3.06. The highest BCUT2D eigenvalue weighted by Gasteiger charge is 2.12. The maximum atomic E-state index is 12.1. The minimum atomic E-state index is 0.0132. The maximum absolute atomic E-state index is 12.1. The van der Waals surface area contributed by atoms with Crippen LogP contribution in [-0.4, -0.2) is 23.9 Å². The van der Waals surface area contributed by atoms with E-state index in [0.717, 1.165) is 0 Å². The van der Waals surface area contributed by atoms with E-state index in [1.807, 2.05) is 42.5 Å². The number of hydrogen-bond donors (Lipinski definition) is 0. The van der Waals surface area contributed by atoms with Crippen molar-refractivity contribution in [1.29, 1.82) is 0 Å². The molecule has 2 nitrogen and oxygen atoms in total. The van der Waals surface area contributed by atoms with Crippen LogP contribution in [-0.2, 0) is 0 Å². The first kappa shape index (κ1) is 13.0. The lowest BCUT2D eigenvalue weighted by molar-refractivity contribution is 0.0791. The molecule has 0 bridgehead atoms. The van der Waals surface area contributed by atoms with E-state index in [0.29, 0.717) is 18.7 Å². The molecule has 1 aromatic rings. The summed E-state index contributed by atoms with van der Waals surface area (Å²) < 4.78 is 0. The molecule has 0 spiro atoms. The van der Waals surface area contributed by atoms with Gasteiger partial charge in [-0.1, -0.05) is 49.1 Å². The van der Waals surface area contributed by atoms with Crippen LogP contribution in [0.25, 0.3) is 0 Å². The van der Waals surface area contributed by atoms with Crippen molar-refractivity contribution in [3.8, 4) is 0 Å². The SMILES string of the molecule is C=CC=CCN(CC=C)C(=O)c1ccccc1. The van der Waals surface area contributed by atoms with Gasteiger partial charge in [0.05, 0.1) is 0 Å². The van der Waals surface area contributed by atoms with E-state index in [2.05, 4.69) is 13.2 Å². The lowest BCUT2D eigenvalue weighted by Crippen LogP contribution is -2.31. The zero-order valence-electron chi connectivity index (χ0n) is 9.88. The van der Waals surface area contributed by atoms with Crippen LogP contribution >= 0.6 is 0 Å². The molecule has 0 heterocycles. The van der Waals surface area contributed by atoms with Gasteiger partial charge in [-0.3, -0.25) is 4.79 Å². The molecule has 0 radical (unpaired) electrons. The Morgan fingerprint density at radius 3 is 2.47 bits per heavy atom. The molecule has 0 aliphatic rings. The van der Waals surface area contributed by atoms with E-state index in [1.54, 1.807) is 17.1 Å². The van der Waals surface area contributed by atoms with Gasteiger partial charge in [0, 0.05) is 18.7 Å². The van der Waals surface area contributed by atoms with Gasteiger partial charge in [-0.25, -0.2) is 0 Å². The second-order valence-electron chi connectivity index (χ2n) is 3.53. The quantitative estimate of drug-likeness (QED) is 0.540. The van der Waals surface area contributed by atoms with Crippen molar-refractivity contribution in [1.82, 2.24) is 4.90 Å². The summed E-state index contributed by atoms with van der Waals surface area (Å²) in [6, 6.07) is 9.25. The van der Waals surface area contributed by atoms with Gasteiger partial charge in [0.25, 0.3) is 5.91 Å². The zero-order valence-corrected chi connectivity index (χ0v) is 9.88. The van der Waals surface area contributed by atoms with Crippen LogP contribution in [0.3, 0.4) is 0 Å². The van der Waals surface area contributed by atoms with Gasteiger partial charge < -0.3 is 4.90 Å². The van der Waals surface area contributed by atoms with Crippen LogP contribution in [0.15, 0.2) is 67.8 Å². The summed E-state index contributed by atoms with van der Waals surface area (Å²) in [7, 11) is 0. The largest absolute Gasteiger partial charge is 0.331 e. The standard InChI is InChI=1S/C15H17NO/c1-3-5-9-13-16(12-4-2)15(17)14-10-7-6-8-11-14/h3-11H,1-2,12-13H2. The minimum Gasteiger partial charge on any atom is -0.331 e. The minimum absolute atomic E-state index is 0.0132. The molecule has 0 aromatic heterocycles. The van der Waals surface area contributed by atoms with Crippen LogP contribution in [0.2, 0.25) is 0 Å². The average molecular weight is 227 g/mol. The molecule has 1 amide bonds. The number of hydrogen-bond acceptors (Lipinski definition) is 1. The maximum Gasteiger partial charge on any atom is 0.254 e. The number of benzene rings is 1. The number of nitrogens with zero attached hydrogens (tertiary/aromatic N) is 1. The molecular weight excluding hydrogens is 210 g/mol. The Hall–Kier alpha value is -2.09. The third-order valence-corrected chi connectivity index (χ3v) is 2.26. The summed E-state index contributed by atoms with van der Waals surface area (Å²) in [5.74, 6) is 0.0132. The fraction of sp³-hybridized carbons (Fsp3) is 0.133. The van der Waals surface area contributed by atoms with E-state index in [9.17, 15) is 4.79 Å². The molecule has 0 atom stereocenters. The summed E-state index contributed by atoms with van der Waals surface area (Å²) in [6.07, 6.45) is 7.15. The number of carbonyl (C=O) groups excluding carboxylic acids is 1. The second-order valence-corrected chi connectivity index (χ2v) is 3.53. The first-order chi connectivity index (χ1) is 8.29. The molecule has 2 heteroatoms. The lowest BCUT2D eigenvalue weighted by atomic mass is 10.2. The van der Waals surface area contributed by atoms with Crippen molar-refractivity contribution >= 4 is 5.91 Å². The lowest BCUT2D eigenvalue weighted by Gasteiger charge is -2.19. The smallest absolute Gasteiger partial charge is 0.254 e. The molecule has 0 N–H and O–H groups in total. The Morgan fingerprint density at radius 2 is 1.88 bits per heavy atom. The summed E-state index contributed by atoms with van der Waals surface area (Å²) >= 11 is 0. The third-order valence-electron chi connectivity index (χ3n) is 2.26. The van der Waals surface area contributed by atoms with E-state index >= 15 is 0 Å². The van der Waals surface area contributed by atoms with E-state index < -0.39 is 0 Å². The summed E-state index contributed by atoms with van der Waals surface area (Å²) in [4.78, 5) is 13.9. The second kappa shape index (κ2) is 7.23. The van der Waals surface area contributed by atoms with Crippen molar-refractivity contribution in [3.05, 3.63) is 73.4 Å². The van der Waals surface area contributed by atoms with Crippen LogP contribution in [0.4, 0.5) is 0 Å². The Bertz CT molecular complexity index is 406. The highest BCUT2D eigenvalue weighted by molar-refractivity contribution is 5.94. The van der Waals surface area contributed by atoms with Gasteiger partial charge in [0.15, 0.2) is 0 Å². The molecular formula is C15H17NO. The first-order valence-corrected chi connectivity index (χ1v) is 5.52. The Labute approximate surface area is 103 Å². The molecule has 0 saturated carbocycles. The molecule has 0 saturated heterocycles. The number of amides is 1. The van der Waals surface area contributed by atoms with Gasteiger partial charge in [-0.15, -0.1) is 6.58 Å². The Kier molecular flexibility index (Phi) is 5.52. The van der Waals surface area contributed by atoms with Gasteiger partial charge >= 0.3 is 0 Å². The third kappa shape index (κ3) is 4.11. The Balaban J connectivity index is 2.76. The number of carbonyl (C=O) groups is 1. The predicted molar refractivity (Wildman–Crippen MR) is 71.9 cm³/mol. The highest BCUT2D eigenvalue weighted by atomic mass is 16.2. The van der Waals surface area contributed by atoms with Gasteiger partial charge in [0.1, 0.15) is 0 Å². The summed E-state index contributed by atoms with van der Waals surface area (Å²) in [5.41, 5.74) is 0.696. The van der Waals surface area contributed by atoms with Crippen LogP contribution in [0, 0.1) is 0 Å². The highest BCUT2D eigenvalue weighted by Crippen LogP contribution is 2.04. The normalized spacial score (nSPS) is 10.1. The summed E-state index contributed by atoms with van der Waals surface area (Å²) in [5, 5.41) is 0. The van der Waals surface area contributed by atoms with Crippen molar-refractivity contribution in [2.24, 2.45) is 0 Å². The van der Waals surface area contributed by atoms with Crippen LogP contribution in [0.1, 0.15) is 10.4 Å². The van der Waals surface area contributed by atoms with Crippen molar-refractivity contribution in [3.63, 3.8) is 0 Å². The van der Waals surface area contributed by atoms with Crippen LogP contribution in [0.5, 0.6) is 0 Å². The van der Waals surface area contributed by atoms with Crippen LogP contribution < -0.4 is 0 Å². The monoisotopic (exact) mass is 227 g/mol. The Morgan fingerprint density at radius 1 is 1.18 bits per heavy atom. The fourth-order valence-electron chi connectivity index (χ4n) is 1.44. The first-order valence-electron chi connectivity index (χ1n) is 5.52. The zero-order chi connectivity index (χ0) is 12.5. The van der Waals surface area contributed by atoms with Crippen molar-refractivity contribution < 1.29 is 4.79 Å². The molecule has 0 unspecified atom stereocenters. The van der Waals surface area contributed by atoms with Gasteiger partial charge in [0.2, 0.25) is 0 Å². The van der Waals surface area contributed by atoms with Gasteiger partial charge in [-0.2, -0.15) is 0 Å². The molecule has 0 aliphatic heterocycles. The fourth-order valence-corrected chi connectivity index (χ4v) is 1.44. The molecule has 1 rings (SSSR count). The molecule has 0 aliphatic carbocycles. The average Bonchev–Trinajstić information content (AvgIpc) is 2.38. The molecule has 17 heavy (non-hydrogen) atoms. The number of rotatable bonds is 6. The summed E-state index contributed by atoms with van der Waals surface area (Å²) in [6.45, 7) is 8.36. The van der Waals surface area contributed by atoms with E-state index in [1.165, 1.54) is 0 Å². The van der Waals surface area contributed by atoms with Crippen molar-refractivity contribution in [2.75, 3.05) is 13.1 Å². The van der Waals surface area contributed by atoms with Crippen molar-refractivity contribution in [2.45, 2.75) is 0 Å². The van der Waals surface area contributed by atoms with E-state index in [4.69, 9.17) is 0 Å². The van der Waals surface area contributed by atoms with E-state index in [-0.39, 0.29) is 5.91 Å². The number of allylic oxidation sites excluding steroid dienone is 2. The molecule has 88 valence electrons. The molecule has 0 fully saturated rings. The molecule has 1 aromatic carbocycles. The topological polar surface area (TPSA) is 20.3 Å². The van der Waals surface area contributed by atoms with Gasteiger partial charge in [-0.05, 0) is 12.1 Å².